The Bertz CT molecular complexity index is 1110. The molecule has 4 nitrogen and oxygen atoms in total. The molecule has 0 spiro atoms. The van der Waals surface area contributed by atoms with E-state index in [4.69, 9.17) is 9.40 Å². The quantitative estimate of drug-likeness (QED) is 0.449. The molecular weight excluding hydrogens is 356 g/mol. The van der Waals surface area contributed by atoms with Crippen LogP contribution in [0.25, 0.3) is 21.2 Å². The fourth-order valence-electron chi connectivity index (χ4n) is 3.97. The molecule has 2 aromatic heterocycles. The third-order valence-corrected chi connectivity index (χ3v) is 6.53. The first-order chi connectivity index (χ1) is 13.2. The Morgan fingerprint density at radius 1 is 1.15 bits per heavy atom. The standard InChI is InChI=1S/C22H20N2O2S/c1-14-15-8-2-4-11-18(15)26-20(14)22(25)24-13-7-6-10-17(24)21-23-16-9-3-5-12-19(16)27-21/h2-5,8-9,11-12,17H,6-7,10,13H2,1H3. The summed E-state index contributed by atoms with van der Waals surface area (Å²) in [6.45, 7) is 2.71. The number of carbonyl (C=O) groups is 1. The van der Waals surface area contributed by atoms with Crippen molar-refractivity contribution in [1.82, 2.24) is 9.88 Å². The van der Waals surface area contributed by atoms with Crippen LogP contribution in [0.4, 0.5) is 0 Å². The molecule has 1 saturated heterocycles. The maximum absolute atomic E-state index is 13.4. The van der Waals surface area contributed by atoms with E-state index >= 15 is 0 Å². The maximum atomic E-state index is 13.4. The summed E-state index contributed by atoms with van der Waals surface area (Å²) in [5, 5.41) is 2.03. The summed E-state index contributed by atoms with van der Waals surface area (Å²) in [6, 6.07) is 16.0. The molecule has 0 bridgehead atoms. The molecule has 5 heteroatoms. The van der Waals surface area contributed by atoms with Crippen molar-refractivity contribution in [2.75, 3.05) is 6.54 Å². The molecule has 5 rings (SSSR count). The molecule has 0 aliphatic carbocycles. The zero-order valence-electron chi connectivity index (χ0n) is 15.1. The monoisotopic (exact) mass is 376 g/mol. The lowest BCUT2D eigenvalue weighted by Crippen LogP contribution is -2.38. The lowest BCUT2D eigenvalue weighted by Gasteiger charge is -2.34. The molecule has 27 heavy (non-hydrogen) atoms. The van der Waals surface area contributed by atoms with Gasteiger partial charge in [-0.05, 0) is 44.4 Å². The van der Waals surface area contributed by atoms with Crippen molar-refractivity contribution in [3.05, 3.63) is 64.9 Å². The number of aryl methyl sites for hydroxylation is 1. The Morgan fingerprint density at radius 2 is 1.96 bits per heavy atom. The molecule has 0 radical (unpaired) electrons. The molecule has 1 amide bonds. The second-order valence-electron chi connectivity index (χ2n) is 7.08. The predicted molar refractivity (Wildman–Crippen MR) is 108 cm³/mol. The van der Waals surface area contributed by atoms with Crippen LogP contribution in [-0.2, 0) is 0 Å². The van der Waals surface area contributed by atoms with Gasteiger partial charge in [0.2, 0.25) is 0 Å². The molecule has 1 unspecified atom stereocenters. The largest absolute Gasteiger partial charge is 0.451 e. The highest BCUT2D eigenvalue weighted by atomic mass is 32.1. The van der Waals surface area contributed by atoms with Gasteiger partial charge in [-0.3, -0.25) is 4.79 Å². The number of aromatic nitrogens is 1. The summed E-state index contributed by atoms with van der Waals surface area (Å²) >= 11 is 1.69. The van der Waals surface area contributed by atoms with Gasteiger partial charge < -0.3 is 9.32 Å². The van der Waals surface area contributed by atoms with Crippen LogP contribution in [0.2, 0.25) is 0 Å². The maximum Gasteiger partial charge on any atom is 0.290 e. The van der Waals surface area contributed by atoms with E-state index in [1.807, 2.05) is 54.3 Å². The van der Waals surface area contributed by atoms with Crippen LogP contribution in [0.3, 0.4) is 0 Å². The highest BCUT2D eigenvalue weighted by Gasteiger charge is 2.33. The van der Waals surface area contributed by atoms with Crippen molar-refractivity contribution in [2.24, 2.45) is 0 Å². The van der Waals surface area contributed by atoms with Gasteiger partial charge in [-0.1, -0.05) is 30.3 Å². The van der Waals surface area contributed by atoms with Crippen molar-refractivity contribution in [2.45, 2.75) is 32.2 Å². The average Bonchev–Trinajstić information content (AvgIpc) is 3.29. The number of amides is 1. The first-order valence-corrected chi connectivity index (χ1v) is 10.2. The van der Waals surface area contributed by atoms with E-state index in [1.54, 1.807) is 11.3 Å². The number of likely N-dealkylation sites (tertiary alicyclic amines) is 1. The second-order valence-corrected chi connectivity index (χ2v) is 8.14. The summed E-state index contributed by atoms with van der Waals surface area (Å²) in [4.78, 5) is 20.2. The molecule has 2 aromatic carbocycles. The van der Waals surface area contributed by atoms with E-state index in [0.29, 0.717) is 5.76 Å². The van der Waals surface area contributed by atoms with Crippen molar-refractivity contribution < 1.29 is 9.21 Å². The van der Waals surface area contributed by atoms with Gasteiger partial charge in [0.25, 0.3) is 5.91 Å². The molecule has 1 fully saturated rings. The van der Waals surface area contributed by atoms with Gasteiger partial charge in [-0.2, -0.15) is 0 Å². The number of rotatable bonds is 2. The summed E-state index contributed by atoms with van der Waals surface area (Å²) in [5.74, 6) is 0.442. The number of para-hydroxylation sites is 2. The number of piperidine rings is 1. The van der Waals surface area contributed by atoms with E-state index in [0.717, 1.165) is 52.9 Å². The topological polar surface area (TPSA) is 46.3 Å². The molecule has 0 saturated carbocycles. The van der Waals surface area contributed by atoms with E-state index in [9.17, 15) is 4.79 Å². The van der Waals surface area contributed by atoms with Gasteiger partial charge in [0.15, 0.2) is 5.76 Å². The van der Waals surface area contributed by atoms with Gasteiger partial charge >= 0.3 is 0 Å². The number of hydrogen-bond donors (Lipinski definition) is 0. The Labute approximate surface area is 161 Å². The minimum absolute atomic E-state index is 0.0207. The molecule has 1 atom stereocenters. The number of nitrogens with zero attached hydrogens (tertiary/aromatic N) is 2. The number of furan rings is 1. The van der Waals surface area contributed by atoms with Crippen molar-refractivity contribution in [3.8, 4) is 0 Å². The fourth-order valence-corrected chi connectivity index (χ4v) is 5.09. The highest BCUT2D eigenvalue weighted by molar-refractivity contribution is 7.18. The molecule has 4 aromatic rings. The Balaban J connectivity index is 1.54. The molecule has 1 aliphatic heterocycles. The predicted octanol–water partition coefficient (Wildman–Crippen LogP) is 5.72. The van der Waals surface area contributed by atoms with E-state index in [2.05, 4.69) is 6.07 Å². The number of thiazole rings is 1. The van der Waals surface area contributed by atoms with Crippen LogP contribution in [0.1, 0.15) is 46.4 Å². The number of fused-ring (bicyclic) bond motifs is 2. The Hall–Kier alpha value is -2.66. The molecule has 3 heterocycles. The van der Waals surface area contributed by atoms with Crippen LogP contribution in [-0.4, -0.2) is 22.3 Å². The molecule has 136 valence electrons. The van der Waals surface area contributed by atoms with Gasteiger partial charge in [0.1, 0.15) is 10.6 Å². The first-order valence-electron chi connectivity index (χ1n) is 9.37. The zero-order valence-corrected chi connectivity index (χ0v) is 16.0. The zero-order chi connectivity index (χ0) is 18.4. The SMILES string of the molecule is Cc1c(C(=O)N2CCCCC2c2nc3ccccc3s2)oc2ccccc12. The van der Waals surface area contributed by atoms with Crippen LogP contribution in [0.5, 0.6) is 0 Å². The first kappa shape index (κ1) is 16.5. The lowest BCUT2D eigenvalue weighted by molar-refractivity contribution is 0.0580. The van der Waals surface area contributed by atoms with Gasteiger partial charge in [0.05, 0.1) is 16.3 Å². The fraction of sp³-hybridized carbons (Fsp3) is 0.273. The van der Waals surface area contributed by atoms with E-state index in [1.165, 1.54) is 4.70 Å². The average molecular weight is 376 g/mol. The summed E-state index contributed by atoms with van der Waals surface area (Å²) < 4.78 is 7.12. The Morgan fingerprint density at radius 3 is 2.81 bits per heavy atom. The highest BCUT2D eigenvalue weighted by Crippen LogP contribution is 2.37. The van der Waals surface area contributed by atoms with Crippen molar-refractivity contribution in [1.29, 1.82) is 0 Å². The van der Waals surface area contributed by atoms with Crippen LogP contribution in [0, 0.1) is 6.92 Å². The Kier molecular flexibility index (Phi) is 3.97. The molecule has 1 aliphatic rings. The third-order valence-electron chi connectivity index (χ3n) is 5.40. The number of hydrogen-bond acceptors (Lipinski definition) is 4. The van der Waals surface area contributed by atoms with E-state index in [-0.39, 0.29) is 11.9 Å². The normalized spacial score (nSPS) is 17.7. The summed E-state index contributed by atoms with van der Waals surface area (Å²) in [6.07, 6.45) is 3.08. The number of carbonyl (C=O) groups excluding carboxylic acids is 1. The van der Waals surface area contributed by atoms with Gasteiger partial charge in [-0.15, -0.1) is 11.3 Å². The van der Waals surface area contributed by atoms with Crippen molar-refractivity contribution >= 4 is 38.4 Å². The second kappa shape index (κ2) is 6.50. The minimum Gasteiger partial charge on any atom is -0.451 e. The van der Waals surface area contributed by atoms with Gasteiger partial charge in [-0.25, -0.2) is 4.98 Å². The van der Waals surface area contributed by atoms with Crippen LogP contribution in [0.15, 0.2) is 52.9 Å². The van der Waals surface area contributed by atoms with Crippen molar-refractivity contribution in [3.63, 3.8) is 0 Å². The summed E-state index contributed by atoms with van der Waals surface area (Å²) in [5.41, 5.74) is 2.70. The molecular formula is C22H20N2O2S. The smallest absolute Gasteiger partial charge is 0.290 e. The summed E-state index contributed by atoms with van der Waals surface area (Å²) in [7, 11) is 0. The number of benzene rings is 2. The van der Waals surface area contributed by atoms with E-state index < -0.39 is 0 Å². The van der Waals surface area contributed by atoms with Crippen LogP contribution < -0.4 is 0 Å². The molecule has 0 N–H and O–H groups in total. The lowest BCUT2D eigenvalue weighted by atomic mass is 10.0. The van der Waals surface area contributed by atoms with Crippen LogP contribution >= 0.6 is 11.3 Å². The third kappa shape index (κ3) is 2.73. The minimum atomic E-state index is -0.0207. The van der Waals surface area contributed by atoms with Gasteiger partial charge in [0, 0.05) is 17.5 Å².